The molecule has 0 amide bonds. The minimum Gasteiger partial charge on any atom is -0.316 e. The highest BCUT2D eigenvalue weighted by Crippen LogP contribution is 2.32. The number of aryl methyl sites for hydroxylation is 1. The van der Waals surface area contributed by atoms with Gasteiger partial charge in [0.15, 0.2) is 0 Å². The number of benzene rings is 3. The summed E-state index contributed by atoms with van der Waals surface area (Å²) in [5.74, 6) is 0. The van der Waals surface area contributed by atoms with Crippen molar-refractivity contribution in [3.63, 3.8) is 0 Å². The molecule has 120 valence electrons. The van der Waals surface area contributed by atoms with E-state index in [4.69, 9.17) is 0 Å². The van der Waals surface area contributed by atoms with Gasteiger partial charge in [-0.2, -0.15) is 0 Å². The second-order valence-electron chi connectivity index (χ2n) is 7.66. The summed E-state index contributed by atoms with van der Waals surface area (Å²) in [6.07, 6.45) is 2.25. The van der Waals surface area contributed by atoms with Crippen molar-refractivity contribution >= 4 is 21.7 Å². The molecule has 4 aromatic rings. The summed E-state index contributed by atoms with van der Waals surface area (Å²) in [4.78, 5) is 0. The molecule has 0 radical (unpaired) electrons. The summed E-state index contributed by atoms with van der Waals surface area (Å²) in [7, 11) is 0. The Morgan fingerprint density at radius 3 is 2.21 bits per heavy atom. The molecule has 0 bridgehead atoms. The van der Waals surface area contributed by atoms with Crippen molar-refractivity contribution in [2.24, 2.45) is 0 Å². The number of hydrogen-bond acceptors (Lipinski definition) is 0. The molecule has 0 aliphatic carbocycles. The van der Waals surface area contributed by atoms with Gasteiger partial charge in [-0.1, -0.05) is 63.2 Å². The van der Waals surface area contributed by atoms with E-state index < -0.39 is 0 Å². The van der Waals surface area contributed by atoms with Crippen molar-refractivity contribution in [3.8, 4) is 5.69 Å². The molecule has 0 aliphatic heterocycles. The van der Waals surface area contributed by atoms with E-state index in [0.717, 1.165) is 0 Å². The third kappa shape index (κ3) is 2.32. The summed E-state index contributed by atoms with van der Waals surface area (Å²) in [6, 6.07) is 22.0. The van der Waals surface area contributed by atoms with E-state index in [1.54, 1.807) is 0 Å². The lowest BCUT2D eigenvalue weighted by atomic mass is 9.87. The number of rotatable bonds is 1. The number of fused-ring (bicyclic) bond motifs is 3. The van der Waals surface area contributed by atoms with Crippen LogP contribution in [0.5, 0.6) is 0 Å². The zero-order valence-corrected chi connectivity index (χ0v) is 14.8. The number of nitrogens with zero attached hydrogens (tertiary/aromatic N) is 1. The molecule has 4 rings (SSSR count). The summed E-state index contributed by atoms with van der Waals surface area (Å²) in [5.41, 5.74) is 5.36. The van der Waals surface area contributed by atoms with Crippen molar-refractivity contribution in [2.75, 3.05) is 0 Å². The predicted octanol–water partition coefficient (Wildman–Crippen LogP) is 6.39. The first-order valence-electron chi connectivity index (χ1n) is 8.55. The molecule has 0 unspecified atom stereocenters. The first-order chi connectivity index (χ1) is 11.4. The lowest BCUT2D eigenvalue weighted by molar-refractivity contribution is 0.590. The highest BCUT2D eigenvalue weighted by molar-refractivity contribution is 6.08. The summed E-state index contributed by atoms with van der Waals surface area (Å²) >= 11 is 0. The Labute approximate surface area is 143 Å². The molecule has 0 saturated carbocycles. The van der Waals surface area contributed by atoms with Gasteiger partial charge in [0.25, 0.3) is 0 Å². The summed E-state index contributed by atoms with van der Waals surface area (Å²) in [6.45, 7) is 8.96. The molecular weight excluding hydrogens is 290 g/mol. The van der Waals surface area contributed by atoms with Gasteiger partial charge in [-0.25, -0.2) is 0 Å². The Bertz CT molecular complexity index is 1030. The smallest absolute Gasteiger partial charge is 0.0537 e. The van der Waals surface area contributed by atoms with Crippen LogP contribution in [0.1, 0.15) is 31.9 Å². The Morgan fingerprint density at radius 2 is 1.50 bits per heavy atom. The molecule has 0 saturated heterocycles. The third-order valence-electron chi connectivity index (χ3n) is 4.90. The number of hydrogen-bond donors (Lipinski definition) is 0. The van der Waals surface area contributed by atoms with Crippen LogP contribution in [0.2, 0.25) is 0 Å². The molecule has 0 atom stereocenters. The van der Waals surface area contributed by atoms with Crippen LogP contribution in [0.25, 0.3) is 27.4 Å². The largest absolute Gasteiger partial charge is 0.316 e. The summed E-state index contributed by atoms with van der Waals surface area (Å²) in [5, 5.41) is 3.99. The minimum atomic E-state index is 0.184. The minimum absolute atomic E-state index is 0.184. The molecule has 1 nitrogen and oxygen atoms in total. The third-order valence-corrected chi connectivity index (χ3v) is 4.90. The van der Waals surface area contributed by atoms with Crippen LogP contribution in [0.3, 0.4) is 0 Å². The molecule has 0 fully saturated rings. The van der Waals surface area contributed by atoms with E-state index in [9.17, 15) is 0 Å². The zero-order chi connectivity index (χ0) is 16.9. The van der Waals surface area contributed by atoms with Crippen molar-refractivity contribution in [3.05, 3.63) is 78.0 Å². The molecule has 1 aromatic heterocycles. The van der Waals surface area contributed by atoms with Crippen LogP contribution >= 0.6 is 0 Å². The van der Waals surface area contributed by atoms with Gasteiger partial charge >= 0.3 is 0 Å². The summed E-state index contributed by atoms with van der Waals surface area (Å²) < 4.78 is 2.31. The monoisotopic (exact) mass is 313 g/mol. The van der Waals surface area contributed by atoms with E-state index in [2.05, 4.69) is 99.1 Å². The van der Waals surface area contributed by atoms with Crippen LogP contribution in [-0.2, 0) is 5.41 Å². The molecule has 0 N–H and O–H groups in total. The van der Waals surface area contributed by atoms with Gasteiger partial charge in [-0.15, -0.1) is 0 Å². The predicted molar refractivity (Wildman–Crippen MR) is 104 cm³/mol. The Hall–Kier alpha value is -2.54. The van der Waals surface area contributed by atoms with Gasteiger partial charge in [0.2, 0.25) is 0 Å². The van der Waals surface area contributed by atoms with Crippen molar-refractivity contribution in [2.45, 2.75) is 33.1 Å². The van der Waals surface area contributed by atoms with Crippen LogP contribution in [0.4, 0.5) is 0 Å². The highest BCUT2D eigenvalue weighted by atomic mass is 15.0. The molecule has 0 spiro atoms. The van der Waals surface area contributed by atoms with Gasteiger partial charge in [0, 0.05) is 17.3 Å². The van der Waals surface area contributed by atoms with Crippen LogP contribution in [0.15, 0.2) is 66.9 Å². The highest BCUT2D eigenvalue weighted by Gasteiger charge is 2.14. The second-order valence-corrected chi connectivity index (χ2v) is 7.66. The molecule has 0 aliphatic rings. The fourth-order valence-corrected chi connectivity index (χ4v) is 3.54. The van der Waals surface area contributed by atoms with Crippen molar-refractivity contribution in [1.82, 2.24) is 4.57 Å². The van der Waals surface area contributed by atoms with Crippen LogP contribution in [-0.4, -0.2) is 4.57 Å². The molecular formula is C23H23N. The standard InChI is InChI=1S/C23H23N/c1-16-15-24(19-12-10-18(11-13-19)23(2,3)4)21-14-9-17-7-5-6-8-20(17)22(16)21/h5-15H,1-4H3. The Morgan fingerprint density at radius 1 is 0.792 bits per heavy atom. The van der Waals surface area contributed by atoms with E-state index in [1.165, 1.54) is 38.5 Å². The van der Waals surface area contributed by atoms with Crippen LogP contribution < -0.4 is 0 Å². The lowest BCUT2D eigenvalue weighted by Crippen LogP contribution is -2.10. The van der Waals surface area contributed by atoms with E-state index >= 15 is 0 Å². The lowest BCUT2D eigenvalue weighted by Gasteiger charge is -2.19. The second kappa shape index (κ2) is 5.24. The Balaban J connectivity index is 1.93. The maximum absolute atomic E-state index is 2.31. The molecule has 1 heteroatoms. The van der Waals surface area contributed by atoms with Gasteiger partial charge in [-0.05, 0) is 52.4 Å². The fraction of sp³-hybridized carbons (Fsp3) is 0.217. The van der Waals surface area contributed by atoms with Crippen LogP contribution in [0, 0.1) is 6.92 Å². The zero-order valence-electron chi connectivity index (χ0n) is 14.8. The quantitative estimate of drug-likeness (QED) is 0.384. The first-order valence-corrected chi connectivity index (χ1v) is 8.55. The fourth-order valence-electron chi connectivity index (χ4n) is 3.54. The van der Waals surface area contributed by atoms with Gasteiger partial charge in [0.05, 0.1) is 5.52 Å². The SMILES string of the molecule is Cc1cn(-c2ccc(C(C)(C)C)cc2)c2ccc3ccccc3c12. The van der Waals surface area contributed by atoms with E-state index in [1.807, 2.05) is 0 Å². The van der Waals surface area contributed by atoms with Crippen molar-refractivity contribution < 1.29 is 0 Å². The van der Waals surface area contributed by atoms with Gasteiger partial charge < -0.3 is 4.57 Å². The van der Waals surface area contributed by atoms with E-state index in [0.29, 0.717) is 0 Å². The van der Waals surface area contributed by atoms with Gasteiger partial charge in [0.1, 0.15) is 0 Å². The number of aromatic nitrogens is 1. The van der Waals surface area contributed by atoms with Crippen molar-refractivity contribution in [1.29, 1.82) is 0 Å². The van der Waals surface area contributed by atoms with Gasteiger partial charge in [-0.3, -0.25) is 0 Å². The molecule has 1 heterocycles. The average molecular weight is 313 g/mol. The Kier molecular flexibility index (Phi) is 3.28. The maximum Gasteiger partial charge on any atom is 0.0537 e. The first kappa shape index (κ1) is 15.0. The topological polar surface area (TPSA) is 4.93 Å². The molecule has 24 heavy (non-hydrogen) atoms. The maximum atomic E-state index is 2.31. The normalized spacial score (nSPS) is 12.2. The molecule has 3 aromatic carbocycles. The average Bonchev–Trinajstić information content (AvgIpc) is 2.91. The van der Waals surface area contributed by atoms with E-state index in [-0.39, 0.29) is 5.41 Å².